The maximum Gasteiger partial charge on any atom is 0.161 e. The first kappa shape index (κ1) is 10.9. The number of nitrogens with two attached hydrogens (primary N) is 1. The van der Waals surface area contributed by atoms with E-state index in [0.29, 0.717) is 13.2 Å². The van der Waals surface area contributed by atoms with E-state index in [1.54, 1.807) is 0 Å². The van der Waals surface area contributed by atoms with Gasteiger partial charge in [0, 0.05) is 11.5 Å². The zero-order valence-corrected chi connectivity index (χ0v) is 9.69. The van der Waals surface area contributed by atoms with Crippen LogP contribution in [0.25, 0.3) is 0 Å². The van der Waals surface area contributed by atoms with Gasteiger partial charge in [-0.2, -0.15) is 0 Å². The molecule has 4 nitrogen and oxygen atoms in total. The van der Waals surface area contributed by atoms with Crippen molar-refractivity contribution in [2.45, 2.75) is 18.9 Å². The largest absolute Gasteiger partial charge is 0.486 e. The molecular formula is C13H17NO3. The van der Waals surface area contributed by atoms with Gasteiger partial charge in [0.05, 0.1) is 6.61 Å². The fourth-order valence-electron chi connectivity index (χ4n) is 2.33. The zero-order chi connectivity index (χ0) is 11.9. The molecule has 1 fully saturated rings. The van der Waals surface area contributed by atoms with Gasteiger partial charge in [0.25, 0.3) is 0 Å². The summed E-state index contributed by atoms with van der Waals surface area (Å²) >= 11 is 0. The maximum atomic E-state index is 9.39. The summed E-state index contributed by atoms with van der Waals surface area (Å²) in [4.78, 5) is 0. The molecule has 1 heterocycles. The molecule has 92 valence electrons. The predicted octanol–water partition coefficient (Wildman–Crippen LogP) is 1.23. The molecule has 4 heteroatoms. The Morgan fingerprint density at radius 2 is 1.94 bits per heavy atom. The van der Waals surface area contributed by atoms with Crippen LogP contribution in [-0.2, 0) is 0 Å². The fourth-order valence-corrected chi connectivity index (χ4v) is 2.33. The van der Waals surface area contributed by atoms with Crippen LogP contribution in [0.5, 0.6) is 11.5 Å². The number of benzene rings is 1. The Morgan fingerprint density at radius 3 is 2.59 bits per heavy atom. The summed E-state index contributed by atoms with van der Waals surface area (Å²) in [6, 6.07) is 5.68. The van der Waals surface area contributed by atoms with Crippen molar-refractivity contribution in [3.8, 4) is 11.5 Å². The van der Waals surface area contributed by atoms with Crippen LogP contribution in [-0.4, -0.2) is 24.9 Å². The molecule has 1 aliphatic heterocycles. The Kier molecular flexibility index (Phi) is 2.49. The van der Waals surface area contributed by atoms with Gasteiger partial charge in [-0.3, -0.25) is 0 Å². The van der Waals surface area contributed by atoms with E-state index in [2.05, 4.69) is 0 Å². The molecule has 3 N–H and O–H groups in total. The van der Waals surface area contributed by atoms with E-state index in [1.807, 2.05) is 18.2 Å². The molecule has 0 spiro atoms. The van der Waals surface area contributed by atoms with Crippen LogP contribution in [0.2, 0.25) is 0 Å². The molecule has 0 bridgehead atoms. The SMILES string of the molecule is NC(c1ccc2c(c1)OCCO2)C1(CO)CC1. The van der Waals surface area contributed by atoms with E-state index < -0.39 is 0 Å². The van der Waals surface area contributed by atoms with Crippen LogP contribution in [0.3, 0.4) is 0 Å². The van der Waals surface area contributed by atoms with Gasteiger partial charge in [-0.15, -0.1) is 0 Å². The van der Waals surface area contributed by atoms with Gasteiger partial charge >= 0.3 is 0 Å². The summed E-state index contributed by atoms with van der Waals surface area (Å²) in [5, 5.41) is 9.39. The minimum absolute atomic E-state index is 0.107. The molecule has 1 aliphatic carbocycles. The smallest absolute Gasteiger partial charge is 0.161 e. The number of aliphatic hydroxyl groups excluding tert-OH is 1. The van der Waals surface area contributed by atoms with Crippen molar-refractivity contribution in [3.05, 3.63) is 23.8 Å². The first-order chi connectivity index (χ1) is 8.25. The third kappa shape index (κ3) is 1.77. The first-order valence-electron chi connectivity index (χ1n) is 6.01. The molecule has 1 aromatic carbocycles. The Hall–Kier alpha value is -1.26. The van der Waals surface area contributed by atoms with Gasteiger partial charge in [-0.25, -0.2) is 0 Å². The van der Waals surface area contributed by atoms with Crippen molar-refractivity contribution >= 4 is 0 Å². The average Bonchev–Trinajstić information content (AvgIpc) is 3.18. The number of ether oxygens (including phenoxy) is 2. The van der Waals surface area contributed by atoms with Gasteiger partial charge in [0.15, 0.2) is 11.5 Å². The standard InChI is InChI=1S/C13H17NO3/c14-12(13(8-15)3-4-13)9-1-2-10-11(7-9)17-6-5-16-10/h1-2,7,12,15H,3-6,8,14H2. The van der Waals surface area contributed by atoms with Crippen LogP contribution in [0.1, 0.15) is 24.4 Å². The van der Waals surface area contributed by atoms with Crippen LogP contribution in [0.4, 0.5) is 0 Å². The number of aliphatic hydroxyl groups is 1. The van der Waals surface area contributed by atoms with Crippen LogP contribution < -0.4 is 15.2 Å². The number of hydrogen-bond donors (Lipinski definition) is 2. The predicted molar refractivity (Wildman–Crippen MR) is 63.1 cm³/mol. The molecular weight excluding hydrogens is 218 g/mol. The summed E-state index contributed by atoms with van der Waals surface area (Å²) < 4.78 is 11.0. The normalized spacial score (nSPS) is 22.0. The van der Waals surface area contributed by atoms with E-state index in [-0.39, 0.29) is 18.1 Å². The van der Waals surface area contributed by atoms with Crippen molar-refractivity contribution in [2.24, 2.45) is 11.1 Å². The molecule has 0 saturated heterocycles. The molecule has 0 aromatic heterocycles. The number of hydrogen-bond acceptors (Lipinski definition) is 4. The zero-order valence-electron chi connectivity index (χ0n) is 9.69. The van der Waals surface area contributed by atoms with Crippen molar-refractivity contribution in [1.82, 2.24) is 0 Å². The van der Waals surface area contributed by atoms with Crippen LogP contribution in [0, 0.1) is 5.41 Å². The van der Waals surface area contributed by atoms with E-state index in [0.717, 1.165) is 29.9 Å². The third-order valence-electron chi connectivity index (χ3n) is 3.79. The Bertz CT molecular complexity index is 429. The average molecular weight is 235 g/mol. The van der Waals surface area contributed by atoms with Crippen molar-refractivity contribution < 1.29 is 14.6 Å². The lowest BCUT2D eigenvalue weighted by atomic mass is 9.91. The monoisotopic (exact) mass is 235 g/mol. The lowest BCUT2D eigenvalue weighted by molar-refractivity contribution is 0.169. The Labute approximate surface area is 100 Å². The third-order valence-corrected chi connectivity index (χ3v) is 3.79. The van der Waals surface area contributed by atoms with E-state index in [4.69, 9.17) is 15.2 Å². The lowest BCUT2D eigenvalue weighted by Crippen LogP contribution is -2.26. The van der Waals surface area contributed by atoms with Crippen molar-refractivity contribution in [3.63, 3.8) is 0 Å². The van der Waals surface area contributed by atoms with Gasteiger partial charge in [0.2, 0.25) is 0 Å². The number of fused-ring (bicyclic) bond motifs is 1. The summed E-state index contributed by atoms with van der Waals surface area (Å²) in [7, 11) is 0. The van der Waals surface area contributed by atoms with E-state index in [1.165, 1.54) is 0 Å². The van der Waals surface area contributed by atoms with Crippen molar-refractivity contribution in [1.29, 1.82) is 0 Å². The number of rotatable bonds is 3. The van der Waals surface area contributed by atoms with Gasteiger partial charge in [-0.1, -0.05) is 6.07 Å². The second kappa shape index (κ2) is 3.89. The Morgan fingerprint density at radius 1 is 1.24 bits per heavy atom. The molecule has 2 aliphatic rings. The highest BCUT2D eigenvalue weighted by Gasteiger charge is 2.48. The summed E-state index contributed by atoms with van der Waals surface area (Å²) in [6.45, 7) is 1.33. The summed E-state index contributed by atoms with van der Waals surface area (Å²) in [6.07, 6.45) is 2.00. The molecule has 0 amide bonds. The molecule has 1 saturated carbocycles. The van der Waals surface area contributed by atoms with Crippen LogP contribution in [0.15, 0.2) is 18.2 Å². The topological polar surface area (TPSA) is 64.7 Å². The van der Waals surface area contributed by atoms with E-state index >= 15 is 0 Å². The first-order valence-corrected chi connectivity index (χ1v) is 6.01. The minimum Gasteiger partial charge on any atom is -0.486 e. The van der Waals surface area contributed by atoms with Gasteiger partial charge in [0.1, 0.15) is 13.2 Å². The molecule has 0 radical (unpaired) electrons. The minimum atomic E-state index is -0.122. The highest BCUT2D eigenvalue weighted by atomic mass is 16.6. The quantitative estimate of drug-likeness (QED) is 0.827. The lowest BCUT2D eigenvalue weighted by Gasteiger charge is -2.24. The second-order valence-corrected chi connectivity index (χ2v) is 4.90. The van der Waals surface area contributed by atoms with Crippen LogP contribution >= 0.6 is 0 Å². The van der Waals surface area contributed by atoms with Crippen molar-refractivity contribution in [2.75, 3.05) is 19.8 Å². The Balaban J connectivity index is 1.88. The van der Waals surface area contributed by atoms with Gasteiger partial charge < -0.3 is 20.3 Å². The fraction of sp³-hybridized carbons (Fsp3) is 0.538. The molecule has 1 atom stereocenters. The highest BCUT2D eigenvalue weighted by molar-refractivity contribution is 5.45. The van der Waals surface area contributed by atoms with E-state index in [9.17, 15) is 5.11 Å². The molecule has 1 aromatic rings. The highest BCUT2D eigenvalue weighted by Crippen LogP contribution is 2.53. The maximum absolute atomic E-state index is 9.39. The van der Waals surface area contributed by atoms with Gasteiger partial charge in [-0.05, 0) is 30.5 Å². The summed E-state index contributed by atoms with van der Waals surface area (Å²) in [5.74, 6) is 1.54. The second-order valence-electron chi connectivity index (χ2n) is 4.90. The molecule has 3 rings (SSSR count). The molecule has 1 unspecified atom stereocenters. The molecule has 17 heavy (non-hydrogen) atoms. The summed E-state index contributed by atoms with van der Waals surface area (Å²) in [5.41, 5.74) is 7.13.